The lowest BCUT2D eigenvalue weighted by atomic mass is 9.87. The molecule has 13 heavy (non-hydrogen) atoms. The van der Waals surface area contributed by atoms with Gasteiger partial charge in [-0.05, 0) is 24.8 Å². The summed E-state index contributed by atoms with van der Waals surface area (Å²) in [5.41, 5.74) is 3.34. The maximum Gasteiger partial charge on any atom is 0.165 e. The van der Waals surface area contributed by atoms with Crippen molar-refractivity contribution in [1.29, 1.82) is 0 Å². The molecule has 0 spiro atoms. The van der Waals surface area contributed by atoms with Crippen LogP contribution in [0.4, 0.5) is 0 Å². The molecule has 1 aliphatic rings. The molecule has 0 saturated carbocycles. The van der Waals surface area contributed by atoms with Crippen molar-refractivity contribution in [3.63, 3.8) is 0 Å². The lowest BCUT2D eigenvalue weighted by Crippen LogP contribution is -2.19. The summed E-state index contributed by atoms with van der Waals surface area (Å²) in [4.78, 5) is 11.7. The number of ketones is 1. The summed E-state index contributed by atoms with van der Waals surface area (Å²) in [7, 11) is 2.02. The van der Waals surface area contributed by atoms with Gasteiger partial charge in [0.2, 0.25) is 0 Å². The van der Waals surface area contributed by atoms with Crippen molar-refractivity contribution < 1.29 is 4.79 Å². The van der Waals surface area contributed by atoms with Gasteiger partial charge in [0.1, 0.15) is 0 Å². The van der Waals surface area contributed by atoms with Gasteiger partial charge in [0, 0.05) is 30.9 Å². The summed E-state index contributed by atoms with van der Waals surface area (Å²) in [6.45, 7) is 4.16. The lowest BCUT2D eigenvalue weighted by Gasteiger charge is -2.19. The zero-order valence-electron chi connectivity index (χ0n) is 8.42. The summed E-state index contributed by atoms with van der Waals surface area (Å²) < 4.78 is 2.10. The van der Waals surface area contributed by atoms with E-state index in [1.807, 2.05) is 14.0 Å². The summed E-state index contributed by atoms with van der Waals surface area (Å²) >= 11 is 0. The molecule has 1 heterocycles. The Morgan fingerprint density at radius 3 is 2.85 bits per heavy atom. The second kappa shape index (κ2) is 2.72. The average Bonchev–Trinajstić information content (AvgIpc) is 2.27. The number of hydrogen-bond donors (Lipinski definition) is 0. The highest BCUT2D eigenvalue weighted by atomic mass is 16.1. The number of aryl methyl sites for hydroxylation is 2. The number of carbonyl (C=O) groups excluding carboxylic acids is 1. The fourth-order valence-corrected chi connectivity index (χ4v) is 2.28. The Labute approximate surface area is 78.6 Å². The van der Waals surface area contributed by atoms with Gasteiger partial charge < -0.3 is 4.57 Å². The van der Waals surface area contributed by atoms with Crippen LogP contribution in [-0.2, 0) is 13.5 Å². The van der Waals surface area contributed by atoms with Crippen molar-refractivity contribution in [2.75, 3.05) is 0 Å². The maximum absolute atomic E-state index is 11.7. The number of hydrogen-bond acceptors (Lipinski definition) is 1. The van der Waals surface area contributed by atoms with Gasteiger partial charge in [0.25, 0.3) is 0 Å². The molecule has 2 rings (SSSR count). The van der Waals surface area contributed by atoms with Crippen molar-refractivity contribution in [3.8, 4) is 0 Å². The second-order valence-corrected chi connectivity index (χ2v) is 4.18. The highest BCUT2D eigenvalue weighted by Crippen LogP contribution is 2.28. The number of Topliss-reactive ketones (excluding diaryl/α,β-unsaturated/α-hetero) is 1. The second-order valence-electron chi connectivity index (χ2n) is 4.18. The van der Waals surface area contributed by atoms with Crippen molar-refractivity contribution >= 4 is 5.78 Å². The minimum Gasteiger partial charge on any atom is -0.353 e. The molecular weight excluding hydrogens is 162 g/mol. The molecule has 1 aromatic heterocycles. The van der Waals surface area contributed by atoms with Crippen molar-refractivity contribution in [2.45, 2.75) is 26.7 Å². The number of rotatable bonds is 0. The third-order valence-electron chi connectivity index (χ3n) is 2.85. The SMILES string of the molecule is Cc1cn(C)c2c1C(=O)CC(C)C2. The predicted octanol–water partition coefficient (Wildman–Crippen LogP) is 2.10. The first-order chi connectivity index (χ1) is 6.09. The fourth-order valence-electron chi connectivity index (χ4n) is 2.28. The quantitative estimate of drug-likeness (QED) is 0.594. The van der Waals surface area contributed by atoms with Crippen LogP contribution in [0.3, 0.4) is 0 Å². The zero-order valence-corrected chi connectivity index (χ0v) is 8.42. The van der Waals surface area contributed by atoms with Crippen LogP contribution in [0.15, 0.2) is 6.20 Å². The minimum atomic E-state index is 0.326. The van der Waals surface area contributed by atoms with E-state index in [-0.39, 0.29) is 0 Å². The standard InChI is InChI=1S/C11H15NO/c1-7-4-9-11(10(13)5-7)8(2)6-12(9)3/h6-7H,4-5H2,1-3H3. The maximum atomic E-state index is 11.7. The molecule has 0 fully saturated rings. The Kier molecular flexibility index (Phi) is 1.79. The van der Waals surface area contributed by atoms with Gasteiger partial charge >= 0.3 is 0 Å². The van der Waals surface area contributed by atoms with Crippen LogP contribution in [-0.4, -0.2) is 10.4 Å². The molecule has 1 aliphatic carbocycles. The van der Waals surface area contributed by atoms with Crippen LogP contribution in [0.5, 0.6) is 0 Å². The molecule has 0 N–H and O–H groups in total. The Bertz CT molecular complexity index is 362. The van der Waals surface area contributed by atoms with Gasteiger partial charge in [-0.2, -0.15) is 0 Å². The van der Waals surface area contributed by atoms with Crippen LogP contribution in [0.25, 0.3) is 0 Å². The van der Waals surface area contributed by atoms with Crippen LogP contribution in [0.2, 0.25) is 0 Å². The van der Waals surface area contributed by atoms with E-state index >= 15 is 0 Å². The summed E-state index contributed by atoms with van der Waals surface area (Å²) in [5.74, 6) is 0.833. The molecule has 0 aromatic carbocycles. The smallest absolute Gasteiger partial charge is 0.165 e. The predicted molar refractivity (Wildman–Crippen MR) is 52.0 cm³/mol. The van der Waals surface area contributed by atoms with Crippen molar-refractivity contribution in [1.82, 2.24) is 4.57 Å². The Morgan fingerprint density at radius 2 is 2.15 bits per heavy atom. The lowest BCUT2D eigenvalue weighted by molar-refractivity contribution is 0.0952. The van der Waals surface area contributed by atoms with Gasteiger partial charge in [-0.3, -0.25) is 4.79 Å². The van der Waals surface area contributed by atoms with E-state index in [0.29, 0.717) is 11.7 Å². The molecule has 1 atom stereocenters. The third-order valence-corrected chi connectivity index (χ3v) is 2.85. The molecule has 2 nitrogen and oxygen atoms in total. The molecule has 1 unspecified atom stereocenters. The highest BCUT2D eigenvalue weighted by molar-refractivity contribution is 5.99. The number of fused-ring (bicyclic) bond motifs is 1. The van der Waals surface area contributed by atoms with Crippen LogP contribution < -0.4 is 0 Å². The molecule has 0 bridgehead atoms. The van der Waals surface area contributed by atoms with E-state index in [1.165, 1.54) is 5.69 Å². The normalized spacial score (nSPS) is 21.8. The van der Waals surface area contributed by atoms with Crippen LogP contribution in [0.1, 0.15) is 35.0 Å². The fraction of sp³-hybridized carbons (Fsp3) is 0.545. The minimum absolute atomic E-state index is 0.326. The number of nitrogens with zero attached hydrogens (tertiary/aromatic N) is 1. The number of aromatic nitrogens is 1. The van der Waals surface area contributed by atoms with E-state index in [2.05, 4.69) is 17.7 Å². The van der Waals surface area contributed by atoms with Gasteiger partial charge in [0.05, 0.1) is 0 Å². The monoisotopic (exact) mass is 177 g/mol. The molecule has 0 radical (unpaired) electrons. The summed E-state index contributed by atoms with van der Waals surface area (Å²) in [6, 6.07) is 0. The van der Waals surface area contributed by atoms with E-state index in [4.69, 9.17) is 0 Å². The van der Waals surface area contributed by atoms with Crippen LogP contribution >= 0.6 is 0 Å². The highest BCUT2D eigenvalue weighted by Gasteiger charge is 2.26. The first kappa shape index (κ1) is 8.54. The number of carbonyl (C=O) groups is 1. The average molecular weight is 177 g/mol. The third kappa shape index (κ3) is 1.21. The summed E-state index contributed by atoms with van der Waals surface area (Å²) in [6.07, 6.45) is 3.82. The Hall–Kier alpha value is -1.05. The largest absolute Gasteiger partial charge is 0.353 e. The van der Waals surface area contributed by atoms with E-state index in [9.17, 15) is 4.79 Å². The van der Waals surface area contributed by atoms with Gasteiger partial charge in [-0.1, -0.05) is 6.92 Å². The zero-order chi connectivity index (χ0) is 9.59. The topological polar surface area (TPSA) is 22.0 Å². The van der Waals surface area contributed by atoms with E-state index in [1.54, 1.807) is 0 Å². The molecule has 2 heteroatoms. The molecule has 0 aliphatic heterocycles. The first-order valence-corrected chi connectivity index (χ1v) is 4.77. The van der Waals surface area contributed by atoms with Crippen molar-refractivity contribution in [3.05, 3.63) is 23.0 Å². The first-order valence-electron chi connectivity index (χ1n) is 4.77. The van der Waals surface area contributed by atoms with E-state index in [0.717, 1.165) is 24.0 Å². The Balaban J connectivity index is 2.57. The Morgan fingerprint density at radius 1 is 1.46 bits per heavy atom. The molecule has 0 saturated heterocycles. The van der Waals surface area contributed by atoms with Gasteiger partial charge in [0.15, 0.2) is 5.78 Å². The summed E-state index contributed by atoms with van der Waals surface area (Å²) in [5, 5.41) is 0. The molecule has 70 valence electrons. The molecule has 0 amide bonds. The molecular formula is C11H15NO. The van der Waals surface area contributed by atoms with Gasteiger partial charge in [-0.25, -0.2) is 0 Å². The van der Waals surface area contributed by atoms with Gasteiger partial charge in [-0.15, -0.1) is 0 Å². The molecule has 1 aromatic rings. The van der Waals surface area contributed by atoms with E-state index < -0.39 is 0 Å². The van der Waals surface area contributed by atoms with Crippen molar-refractivity contribution in [2.24, 2.45) is 13.0 Å². The van der Waals surface area contributed by atoms with Crippen LogP contribution in [0, 0.1) is 12.8 Å².